The Morgan fingerprint density at radius 3 is 2.30 bits per heavy atom. The molecule has 2 rings (SSSR count). The molecule has 0 radical (unpaired) electrons. The lowest BCUT2D eigenvalue weighted by Crippen LogP contribution is -2.46. The molecular weight excluding hydrogens is 252 g/mol. The van der Waals surface area contributed by atoms with Crippen LogP contribution in [0.4, 0.5) is 0 Å². The molecule has 2 fully saturated rings. The standard InChI is InChI=1S/C16H24N2O2/c1-5-19-12(4)20-16(8-17,9-18)15-7-13-6-14(15)11(3)10(13)2/h10-15H,5-7H2,1-4H3. The SMILES string of the molecule is CCOC(C)OC(C#N)(C#N)C1CC2CC1C(C)C2C. The summed E-state index contributed by atoms with van der Waals surface area (Å²) in [7, 11) is 0. The summed E-state index contributed by atoms with van der Waals surface area (Å²) in [6.07, 6.45) is 1.53. The van der Waals surface area contributed by atoms with E-state index < -0.39 is 11.9 Å². The number of hydrogen-bond donors (Lipinski definition) is 0. The average Bonchev–Trinajstić information content (AvgIpc) is 2.98. The lowest BCUT2D eigenvalue weighted by molar-refractivity contribution is -0.185. The Morgan fingerprint density at radius 1 is 1.20 bits per heavy atom. The second-order valence-corrected chi connectivity index (χ2v) is 6.32. The largest absolute Gasteiger partial charge is 0.353 e. The molecule has 6 unspecified atom stereocenters. The highest BCUT2D eigenvalue weighted by Gasteiger charge is 2.58. The zero-order chi connectivity index (χ0) is 14.9. The van der Waals surface area contributed by atoms with Crippen LogP contribution in [0.25, 0.3) is 0 Å². The minimum atomic E-state index is -1.36. The molecule has 0 aromatic heterocycles. The van der Waals surface area contributed by atoms with Crippen molar-refractivity contribution in [1.82, 2.24) is 0 Å². The monoisotopic (exact) mass is 276 g/mol. The van der Waals surface area contributed by atoms with Gasteiger partial charge in [0.15, 0.2) is 6.29 Å². The molecule has 2 saturated carbocycles. The maximum atomic E-state index is 9.58. The van der Waals surface area contributed by atoms with Gasteiger partial charge in [0.1, 0.15) is 12.1 Å². The third kappa shape index (κ3) is 2.32. The van der Waals surface area contributed by atoms with Crippen molar-refractivity contribution in [2.24, 2.45) is 29.6 Å². The van der Waals surface area contributed by atoms with Crippen molar-refractivity contribution >= 4 is 0 Å². The molecule has 2 aliphatic carbocycles. The summed E-state index contributed by atoms with van der Waals surface area (Å²) in [4.78, 5) is 0. The minimum absolute atomic E-state index is 0.0107. The van der Waals surface area contributed by atoms with Crippen molar-refractivity contribution in [1.29, 1.82) is 10.5 Å². The van der Waals surface area contributed by atoms with Gasteiger partial charge in [0, 0.05) is 12.5 Å². The summed E-state index contributed by atoms with van der Waals surface area (Å²) in [6.45, 7) is 8.68. The van der Waals surface area contributed by atoms with Gasteiger partial charge in [-0.3, -0.25) is 0 Å². The number of ether oxygens (including phenoxy) is 2. The van der Waals surface area contributed by atoms with Gasteiger partial charge in [0.25, 0.3) is 0 Å². The number of nitriles is 2. The van der Waals surface area contributed by atoms with Crippen LogP contribution < -0.4 is 0 Å². The molecule has 0 saturated heterocycles. The van der Waals surface area contributed by atoms with Crippen LogP contribution in [0.2, 0.25) is 0 Å². The Bertz CT molecular complexity index is 421. The highest BCUT2D eigenvalue weighted by molar-refractivity contribution is 5.24. The summed E-state index contributed by atoms with van der Waals surface area (Å²) < 4.78 is 11.1. The Hall–Kier alpha value is -1.10. The number of hydrogen-bond acceptors (Lipinski definition) is 4. The van der Waals surface area contributed by atoms with Gasteiger partial charge >= 0.3 is 0 Å². The lowest BCUT2D eigenvalue weighted by Gasteiger charge is -2.38. The van der Waals surface area contributed by atoms with Crippen molar-refractivity contribution in [3.63, 3.8) is 0 Å². The van der Waals surface area contributed by atoms with Crippen LogP contribution in [-0.4, -0.2) is 18.5 Å². The minimum Gasteiger partial charge on any atom is -0.353 e. The predicted molar refractivity (Wildman–Crippen MR) is 74.2 cm³/mol. The fraction of sp³-hybridized carbons (Fsp3) is 0.875. The topological polar surface area (TPSA) is 66.0 Å². The normalized spacial score (nSPS) is 37.4. The summed E-state index contributed by atoms with van der Waals surface area (Å²) >= 11 is 0. The van der Waals surface area contributed by atoms with Crippen molar-refractivity contribution in [2.75, 3.05) is 6.61 Å². The maximum absolute atomic E-state index is 9.58. The Kier molecular flexibility index (Phi) is 4.37. The number of fused-ring (bicyclic) bond motifs is 2. The van der Waals surface area contributed by atoms with E-state index in [2.05, 4.69) is 26.0 Å². The van der Waals surface area contributed by atoms with Gasteiger partial charge in [-0.05, 0) is 50.4 Å². The van der Waals surface area contributed by atoms with Gasteiger partial charge in [-0.25, -0.2) is 0 Å². The summed E-state index contributed by atoms with van der Waals surface area (Å²) in [5, 5.41) is 19.2. The van der Waals surface area contributed by atoms with Crippen LogP contribution in [0.3, 0.4) is 0 Å². The van der Waals surface area contributed by atoms with Crippen LogP contribution in [0.15, 0.2) is 0 Å². The van der Waals surface area contributed by atoms with Gasteiger partial charge in [-0.1, -0.05) is 13.8 Å². The van der Waals surface area contributed by atoms with Crippen LogP contribution >= 0.6 is 0 Å². The van der Waals surface area contributed by atoms with Gasteiger partial charge in [0.05, 0.1) is 0 Å². The van der Waals surface area contributed by atoms with E-state index >= 15 is 0 Å². The zero-order valence-corrected chi connectivity index (χ0v) is 12.8. The third-order valence-corrected chi connectivity index (χ3v) is 5.50. The summed E-state index contributed by atoms with van der Waals surface area (Å²) in [6, 6.07) is 4.31. The van der Waals surface area contributed by atoms with E-state index in [1.807, 2.05) is 6.92 Å². The predicted octanol–water partition coefficient (Wildman–Crippen LogP) is 3.10. The molecule has 0 aliphatic heterocycles. The van der Waals surface area contributed by atoms with Crippen LogP contribution in [-0.2, 0) is 9.47 Å². The molecule has 4 nitrogen and oxygen atoms in total. The molecule has 0 spiro atoms. The molecule has 0 aromatic rings. The van der Waals surface area contributed by atoms with Crippen molar-refractivity contribution < 1.29 is 9.47 Å². The first kappa shape index (κ1) is 15.3. The van der Waals surface area contributed by atoms with Crippen molar-refractivity contribution in [3.05, 3.63) is 0 Å². The highest BCUT2D eigenvalue weighted by Crippen LogP contribution is 2.58. The average molecular weight is 276 g/mol. The molecule has 0 aromatic carbocycles. The molecule has 110 valence electrons. The molecule has 4 heteroatoms. The van der Waals surface area contributed by atoms with Crippen molar-refractivity contribution in [2.45, 2.75) is 52.4 Å². The van der Waals surface area contributed by atoms with Gasteiger partial charge in [0.2, 0.25) is 5.60 Å². The first-order valence-electron chi connectivity index (χ1n) is 7.61. The molecule has 2 bridgehead atoms. The van der Waals surface area contributed by atoms with Crippen LogP contribution in [0, 0.1) is 52.3 Å². The maximum Gasteiger partial charge on any atom is 0.246 e. The van der Waals surface area contributed by atoms with E-state index in [-0.39, 0.29) is 5.92 Å². The fourth-order valence-corrected chi connectivity index (χ4v) is 4.27. The first-order valence-corrected chi connectivity index (χ1v) is 7.61. The zero-order valence-electron chi connectivity index (χ0n) is 12.8. The first-order chi connectivity index (χ1) is 9.49. The Morgan fingerprint density at radius 2 is 1.85 bits per heavy atom. The second-order valence-electron chi connectivity index (χ2n) is 6.32. The van der Waals surface area contributed by atoms with Crippen LogP contribution in [0.1, 0.15) is 40.5 Å². The van der Waals surface area contributed by atoms with E-state index in [9.17, 15) is 10.5 Å². The van der Waals surface area contributed by atoms with E-state index in [0.29, 0.717) is 30.3 Å². The van der Waals surface area contributed by atoms with Crippen molar-refractivity contribution in [3.8, 4) is 12.1 Å². The Labute approximate surface area is 121 Å². The second kappa shape index (κ2) is 5.72. The molecule has 6 atom stereocenters. The van der Waals surface area contributed by atoms with Gasteiger partial charge < -0.3 is 9.47 Å². The molecule has 2 aliphatic rings. The van der Waals surface area contributed by atoms with E-state index in [1.54, 1.807) is 6.92 Å². The molecule has 0 heterocycles. The molecular formula is C16H24N2O2. The fourth-order valence-electron chi connectivity index (χ4n) is 4.27. The number of rotatable bonds is 5. The van der Waals surface area contributed by atoms with Crippen LogP contribution in [0.5, 0.6) is 0 Å². The number of nitrogens with zero attached hydrogens (tertiary/aromatic N) is 2. The van der Waals surface area contributed by atoms with Gasteiger partial charge in [-0.15, -0.1) is 0 Å². The third-order valence-electron chi connectivity index (χ3n) is 5.50. The highest BCUT2D eigenvalue weighted by atomic mass is 16.7. The lowest BCUT2D eigenvalue weighted by atomic mass is 9.69. The quantitative estimate of drug-likeness (QED) is 0.724. The summed E-state index contributed by atoms with van der Waals surface area (Å²) in [5.74, 6) is 2.31. The Balaban J connectivity index is 2.19. The molecule has 0 N–H and O–H groups in total. The molecule has 0 amide bonds. The van der Waals surface area contributed by atoms with Gasteiger partial charge in [-0.2, -0.15) is 10.5 Å². The smallest absolute Gasteiger partial charge is 0.246 e. The summed E-state index contributed by atoms with van der Waals surface area (Å²) in [5.41, 5.74) is -1.36. The van der Waals surface area contributed by atoms with E-state index in [4.69, 9.17) is 9.47 Å². The van der Waals surface area contributed by atoms with E-state index in [0.717, 1.165) is 12.8 Å². The van der Waals surface area contributed by atoms with E-state index in [1.165, 1.54) is 0 Å². The molecule has 20 heavy (non-hydrogen) atoms.